The lowest BCUT2D eigenvalue weighted by molar-refractivity contribution is -0.137. The highest BCUT2D eigenvalue weighted by atomic mass is 19.4. The van der Waals surface area contributed by atoms with Crippen LogP contribution in [0.15, 0.2) is 18.2 Å². The fourth-order valence-corrected chi connectivity index (χ4v) is 3.67. The Morgan fingerprint density at radius 1 is 1.00 bits per heavy atom. The number of anilines is 1. The summed E-state index contributed by atoms with van der Waals surface area (Å²) in [5, 5.41) is 3.28. The van der Waals surface area contributed by atoms with Crippen LogP contribution < -0.4 is 5.32 Å². The number of hydrogen-bond acceptors (Lipinski definition) is 1. The van der Waals surface area contributed by atoms with Crippen LogP contribution in [-0.4, -0.2) is 6.54 Å². The zero-order chi connectivity index (χ0) is 14.2. The fourth-order valence-electron chi connectivity index (χ4n) is 3.67. The lowest BCUT2D eigenvalue weighted by atomic mass is 9.82. The molecular weight excluding hydrogens is 263 g/mol. The van der Waals surface area contributed by atoms with Crippen molar-refractivity contribution in [3.63, 3.8) is 0 Å². The standard InChI is InChI=1S/C16H20F3N/c17-16(18,19)12-7-8-15-13(9-12)14(10-20-15)11-5-3-1-2-4-6-11/h7-9,11,14,20H,1-6,10H2. The Balaban J connectivity index is 1.87. The molecule has 1 N–H and O–H groups in total. The molecule has 1 aliphatic heterocycles. The van der Waals surface area contributed by atoms with Crippen LogP contribution in [-0.2, 0) is 6.18 Å². The summed E-state index contributed by atoms with van der Waals surface area (Å²) in [6.07, 6.45) is 3.04. The molecule has 1 nitrogen and oxygen atoms in total. The third-order valence-corrected chi connectivity index (χ3v) is 4.76. The van der Waals surface area contributed by atoms with E-state index in [2.05, 4.69) is 5.32 Å². The van der Waals surface area contributed by atoms with E-state index < -0.39 is 11.7 Å². The lowest BCUT2D eigenvalue weighted by Gasteiger charge is -2.22. The van der Waals surface area contributed by atoms with Crippen molar-refractivity contribution < 1.29 is 13.2 Å². The van der Waals surface area contributed by atoms with Gasteiger partial charge in [0.2, 0.25) is 0 Å². The number of hydrogen-bond donors (Lipinski definition) is 1. The van der Waals surface area contributed by atoms with E-state index in [9.17, 15) is 13.2 Å². The monoisotopic (exact) mass is 283 g/mol. The van der Waals surface area contributed by atoms with Gasteiger partial charge in [-0.3, -0.25) is 0 Å². The highest BCUT2D eigenvalue weighted by Gasteiger charge is 2.35. The summed E-state index contributed by atoms with van der Waals surface area (Å²) in [5.41, 5.74) is 1.26. The van der Waals surface area contributed by atoms with E-state index in [4.69, 9.17) is 0 Å². The minimum atomic E-state index is -4.24. The largest absolute Gasteiger partial charge is 0.416 e. The van der Waals surface area contributed by atoms with E-state index in [1.807, 2.05) is 0 Å². The second-order valence-corrected chi connectivity index (χ2v) is 6.04. The van der Waals surface area contributed by atoms with Gasteiger partial charge in [-0.15, -0.1) is 0 Å². The minimum absolute atomic E-state index is 0.255. The molecular formula is C16H20F3N. The molecule has 2 aliphatic rings. The first-order valence-electron chi connectivity index (χ1n) is 7.51. The van der Waals surface area contributed by atoms with Crippen molar-refractivity contribution in [1.82, 2.24) is 0 Å². The van der Waals surface area contributed by atoms with Crippen LogP contribution in [0.2, 0.25) is 0 Å². The number of nitrogens with one attached hydrogen (secondary N) is 1. The zero-order valence-electron chi connectivity index (χ0n) is 11.5. The first kappa shape index (κ1) is 13.8. The van der Waals surface area contributed by atoms with Gasteiger partial charge in [-0.05, 0) is 42.5 Å². The quantitative estimate of drug-likeness (QED) is 0.700. The Kier molecular flexibility index (Phi) is 3.65. The van der Waals surface area contributed by atoms with Crippen molar-refractivity contribution in [2.24, 2.45) is 5.92 Å². The highest BCUT2D eigenvalue weighted by Crippen LogP contribution is 2.43. The van der Waals surface area contributed by atoms with Crippen molar-refractivity contribution in [3.05, 3.63) is 29.3 Å². The number of rotatable bonds is 1. The Bertz CT molecular complexity index is 473. The van der Waals surface area contributed by atoms with Crippen LogP contribution in [0.1, 0.15) is 55.6 Å². The molecule has 1 atom stereocenters. The molecule has 0 saturated heterocycles. The van der Waals surface area contributed by atoms with Gasteiger partial charge in [0.25, 0.3) is 0 Å². The minimum Gasteiger partial charge on any atom is -0.384 e. The fraction of sp³-hybridized carbons (Fsp3) is 0.625. The van der Waals surface area contributed by atoms with E-state index in [-0.39, 0.29) is 5.92 Å². The molecule has 1 fully saturated rings. The predicted octanol–water partition coefficient (Wildman–Crippen LogP) is 5.18. The molecule has 4 heteroatoms. The van der Waals surface area contributed by atoms with Crippen LogP contribution in [0.4, 0.5) is 18.9 Å². The molecule has 0 bridgehead atoms. The molecule has 0 amide bonds. The Labute approximate surface area is 117 Å². The second kappa shape index (κ2) is 5.30. The van der Waals surface area contributed by atoms with Gasteiger partial charge in [-0.1, -0.05) is 25.7 Å². The average Bonchev–Trinajstić information content (AvgIpc) is 2.64. The molecule has 1 aromatic rings. The van der Waals surface area contributed by atoms with Crippen LogP contribution in [0.25, 0.3) is 0 Å². The lowest BCUT2D eigenvalue weighted by Crippen LogP contribution is -2.15. The molecule has 110 valence electrons. The Morgan fingerprint density at radius 2 is 1.70 bits per heavy atom. The summed E-state index contributed by atoms with van der Waals surface area (Å²) in [6.45, 7) is 0.793. The molecule has 3 rings (SSSR count). The average molecular weight is 283 g/mol. The van der Waals surface area contributed by atoms with E-state index >= 15 is 0 Å². The van der Waals surface area contributed by atoms with E-state index in [0.717, 1.165) is 30.6 Å². The molecule has 1 saturated carbocycles. The smallest absolute Gasteiger partial charge is 0.384 e. The topological polar surface area (TPSA) is 12.0 Å². The third-order valence-electron chi connectivity index (χ3n) is 4.76. The number of alkyl halides is 3. The summed E-state index contributed by atoms with van der Waals surface area (Å²) in [6, 6.07) is 4.14. The molecule has 1 heterocycles. The van der Waals surface area contributed by atoms with Gasteiger partial charge in [0.15, 0.2) is 0 Å². The van der Waals surface area contributed by atoms with Gasteiger partial charge in [-0.25, -0.2) is 0 Å². The van der Waals surface area contributed by atoms with E-state index in [1.165, 1.54) is 37.8 Å². The summed E-state index contributed by atoms with van der Waals surface area (Å²) in [5.74, 6) is 0.792. The molecule has 1 unspecified atom stereocenters. The third kappa shape index (κ3) is 2.65. The van der Waals surface area contributed by atoms with Crippen LogP contribution in [0, 0.1) is 5.92 Å². The summed E-state index contributed by atoms with van der Waals surface area (Å²) in [4.78, 5) is 0. The van der Waals surface area contributed by atoms with Crippen LogP contribution in [0.5, 0.6) is 0 Å². The van der Waals surface area contributed by atoms with Gasteiger partial charge in [0.05, 0.1) is 5.56 Å². The molecule has 0 spiro atoms. The number of fused-ring (bicyclic) bond motifs is 1. The van der Waals surface area contributed by atoms with Crippen molar-refractivity contribution in [2.75, 3.05) is 11.9 Å². The summed E-state index contributed by atoms with van der Waals surface area (Å²) in [7, 11) is 0. The number of benzene rings is 1. The Hall–Kier alpha value is -1.19. The maximum Gasteiger partial charge on any atom is 0.416 e. The van der Waals surface area contributed by atoms with E-state index in [1.54, 1.807) is 6.07 Å². The maximum atomic E-state index is 12.9. The zero-order valence-corrected chi connectivity index (χ0v) is 11.5. The van der Waals surface area contributed by atoms with Crippen molar-refractivity contribution in [3.8, 4) is 0 Å². The van der Waals surface area contributed by atoms with Gasteiger partial charge in [0, 0.05) is 18.2 Å². The molecule has 0 radical (unpaired) electrons. The van der Waals surface area contributed by atoms with Crippen LogP contribution in [0.3, 0.4) is 0 Å². The van der Waals surface area contributed by atoms with Crippen molar-refractivity contribution in [1.29, 1.82) is 0 Å². The Morgan fingerprint density at radius 3 is 2.35 bits per heavy atom. The van der Waals surface area contributed by atoms with Crippen LogP contribution >= 0.6 is 0 Å². The normalized spacial score (nSPS) is 24.1. The number of halogens is 3. The van der Waals surface area contributed by atoms with Gasteiger partial charge < -0.3 is 5.32 Å². The van der Waals surface area contributed by atoms with Gasteiger partial charge >= 0.3 is 6.18 Å². The molecule has 1 aromatic carbocycles. The summed E-state index contributed by atoms with van der Waals surface area (Å²) >= 11 is 0. The summed E-state index contributed by atoms with van der Waals surface area (Å²) < 4.78 is 38.6. The van der Waals surface area contributed by atoms with Gasteiger partial charge in [0.1, 0.15) is 0 Å². The predicted molar refractivity (Wildman–Crippen MR) is 73.9 cm³/mol. The highest BCUT2D eigenvalue weighted by molar-refractivity contribution is 5.59. The van der Waals surface area contributed by atoms with Crippen molar-refractivity contribution >= 4 is 5.69 Å². The first-order chi connectivity index (χ1) is 9.55. The molecule has 20 heavy (non-hydrogen) atoms. The molecule has 1 aliphatic carbocycles. The SMILES string of the molecule is FC(F)(F)c1ccc2c(c1)C(C1CCCCCC1)CN2. The van der Waals surface area contributed by atoms with Gasteiger partial charge in [-0.2, -0.15) is 13.2 Å². The molecule has 0 aromatic heterocycles. The van der Waals surface area contributed by atoms with Crippen molar-refractivity contribution in [2.45, 2.75) is 50.6 Å². The maximum absolute atomic E-state index is 12.9. The van der Waals surface area contributed by atoms with E-state index in [0.29, 0.717) is 5.92 Å². The second-order valence-electron chi connectivity index (χ2n) is 6.04. The first-order valence-corrected chi connectivity index (χ1v) is 7.51.